The van der Waals surface area contributed by atoms with Crippen LogP contribution in [0.5, 0.6) is 0 Å². The predicted octanol–water partition coefficient (Wildman–Crippen LogP) is -2.55. The van der Waals surface area contributed by atoms with Crippen molar-refractivity contribution in [3.8, 4) is 0 Å². The van der Waals surface area contributed by atoms with Gasteiger partial charge in [-0.15, -0.1) is 0 Å². The van der Waals surface area contributed by atoms with E-state index in [0.717, 1.165) is 0 Å². The first-order valence-corrected chi connectivity index (χ1v) is 8.57. The molecule has 4 bridgehead atoms. The second kappa shape index (κ2) is 6.38. The average Bonchev–Trinajstić information content (AvgIpc) is 2.65. The summed E-state index contributed by atoms with van der Waals surface area (Å²) in [6.45, 7) is 0. The molecule has 184 valence electrons. The van der Waals surface area contributed by atoms with E-state index in [1.54, 1.807) is 0 Å². The van der Waals surface area contributed by atoms with Crippen molar-refractivity contribution in [2.75, 3.05) is 0 Å². The summed E-state index contributed by atoms with van der Waals surface area (Å²) < 4.78 is 0. The zero-order valence-corrected chi connectivity index (χ0v) is 15.8. The molecule has 24 heteroatoms. The Morgan fingerprint density at radius 1 is 0.382 bits per heavy atom. The molecule has 4 aliphatic rings. The SMILES string of the molecule is O=[N+]([O-])C1C2([N+](=O)[O-])CC3([N+](=O)[O-])C([N+](=O)[O-])C1([N+](=O)[O-])CC([N+](=O)[O-])(C2[N+](=O)[O-])C3[N+](=O)[O-]. The maximum absolute atomic E-state index is 12.1. The van der Waals surface area contributed by atoms with Crippen LogP contribution >= 0.6 is 0 Å². The Kier molecular flexibility index (Phi) is 4.47. The second-order valence-electron chi connectivity index (χ2n) is 8.10. The first-order valence-electron chi connectivity index (χ1n) is 8.57. The molecular formula is C10H8N8O16. The monoisotopic (exact) mass is 496 g/mol. The summed E-state index contributed by atoms with van der Waals surface area (Å²) in [7, 11) is 0. The van der Waals surface area contributed by atoms with E-state index in [-0.39, 0.29) is 0 Å². The molecule has 24 nitrogen and oxygen atoms in total. The van der Waals surface area contributed by atoms with E-state index < -0.39 is 98.6 Å². The molecule has 0 aromatic heterocycles. The lowest BCUT2D eigenvalue weighted by atomic mass is 9.37. The summed E-state index contributed by atoms with van der Waals surface area (Å²) in [5.41, 5.74) is -16.7. The average molecular weight is 496 g/mol. The quantitative estimate of drug-likeness (QED) is 0.246. The van der Waals surface area contributed by atoms with Gasteiger partial charge in [-0.3, -0.25) is 80.9 Å². The molecule has 0 unspecified atom stereocenters. The molecule has 0 heterocycles. The van der Waals surface area contributed by atoms with Crippen LogP contribution in [0, 0.1) is 80.9 Å². The lowest BCUT2D eigenvalue weighted by Gasteiger charge is -2.55. The van der Waals surface area contributed by atoms with Crippen molar-refractivity contribution in [1.29, 1.82) is 0 Å². The molecular weight excluding hydrogens is 488 g/mol. The van der Waals surface area contributed by atoms with Gasteiger partial charge in [0.25, 0.3) is 0 Å². The summed E-state index contributed by atoms with van der Waals surface area (Å²) >= 11 is 0. The molecule has 0 amide bonds. The van der Waals surface area contributed by atoms with E-state index in [2.05, 4.69) is 0 Å². The predicted molar refractivity (Wildman–Crippen MR) is 91.3 cm³/mol. The van der Waals surface area contributed by atoms with Gasteiger partial charge in [-0.2, -0.15) is 0 Å². The third-order valence-electron chi connectivity index (χ3n) is 7.12. The third kappa shape index (κ3) is 2.06. The lowest BCUT2D eigenvalue weighted by molar-refractivity contribution is -0.871. The van der Waals surface area contributed by atoms with Crippen LogP contribution in [-0.2, 0) is 0 Å². The molecule has 4 fully saturated rings. The van der Waals surface area contributed by atoms with Crippen molar-refractivity contribution in [3.63, 3.8) is 0 Å². The Labute approximate surface area is 180 Å². The Bertz CT molecular complexity index is 931. The molecule has 4 rings (SSSR count). The van der Waals surface area contributed by atoms with E-state index in [4.69, 9.17) is 0 Å². The van der Waals surface area contributed by atoms with Crippen LogP contribution in [0.2, 0.25) is 0 Å². The fraction of sp³-hybridized carbons (Fsp3) is 1.00. The first-order chi connectivity index (χ1) is 15.4. The molecule has 34 heavy (non-hydrogen) atoms. The maximum Gasteiger partial charge on any atom is 0.375 e. The van der Waals surface area contributed by atoms with Crippen LogP contribution in [-0.4, -0.2) is 85.7 Å². The van der Waals surface area contributed by atoms with Gasteiger partial charge in [-0.25, -0.2) is 0 Å². The van der Waals surface area contributed by atoms with Gasteiger partial charge in [0.15, 0.2) is 0 Å². The summed E-state index contributed by atoms with van der Waals surface area (Å²) in [5.74, 6) is 0. The normalized spacial score (nSPS) is 41.9. The zero-order chi connectivity index (χ0) is 26.3. The summed E-state index contributed by atoms with van der Waals surface area (Å²) in [6, 6.07) is -14.3. The van der Waals surface area contributed by atoms with E-state index in [1.165, 1.54) is 0 Å². The standard InChI is InChI=1S/C10H8N8O16/c19-11(20)3-7(15(27)28)1-8(16(29)30)5(13(23)24)9(3,17(31)32)2-10(18(33)34,4(7)12(21)22)6(8)14(25)26/h3-6H,1-2H2. The molecule has 4 saturated carbocycles. The fourth-order valence-electron chi connectivity index (χ4n) is 6.53. The molecule has 0 aromatic carbocycles. The molecule has 0 aliphatic heterocycles. The van der Waals surface area contributed by atoms with Crippen molar-refractivity contribution in [2.45, 2.75) is 59.2 Å². The third-order valence-corrected chi connectivity index (χ3v) is 7.12. The molecule has 0 atom stereocenters. The summed E-state index contributed by atoms with van der Waals surface area (Å²) in [4.78, 5) is 80.8. The fourth-order valence-corrected chi connectivity index (χ4v) is 6.53. The van der Waals surface area contributed by atoms with Crippen LogP contribution in [0.1, 0.15) is 12.8 Å². The first kappa shape index (κ1) is 23.9. The van der Waals surface area contributed by atoms with Crippen molar-refractivity contribution < 1.29 is 39.4 Å². The number of hydrogen-bond acceptors (Lipinski definition) is 16. The van der Waals surface area contributed by atoms with Gasteiger partial charge in [0.05, 0.1) is 0 Å². The largest absolute Gasteiger partial charge is 0.375 e. The molecule has 0 aromatic rings. The van der Waals surface area contributed by atoms with E-state index in [1.807, 2.05) is 0 Å². The highest BCUT2D eigenvalue weighted by molar-refractivity contribution is 5.36. The maximum atomic E-state index is 12.1. The Morgan fingerprint density at radius 2 is 0.529 bits per heavy atom. The van der Waals surface area contributed by atoms with Gasteiger partial charge in [0.1, 0.15) is 12.8 Å². The molecule has 0 radical (unpaired) electrons. The van der Waals surface area contributed by atoms with E-state index in [9.17, 15) is 80.9 Å². The highest BCUT2D eigenvalue weighted by Gasteiger charge is 3.13. The van der Waals surface area contributed by atoms with Gasteiger partial charge < -0.3 is 0 Å². The summed E-state index contributed by atoms with van der Waals surface area (Å²) in [6.07, 6.45) is -4.58. The highest BCUT2D eigenvalue weighted by atomic mass is 16.7. The van der Waals surface area contributed by atoms with Crippen molar-refractivity contribution in [2.24, 2.45) is 0 Å². The smallest absolute Gasteiger partial charge is 0.264 e. The van der Waals surface area contributed by atoms with Crippen LogP contribution in [0.4, 0.5) is 0 Å². The number of nitro groups is 8. The van der Waals surface area contributed by atoms with Crippen LogP contribution < -0.4 is 0 Å². The molecule has 0 saturated heterocycles. The zero-order valence-electron chi connectivity index (χ0n) is 15.8. The van der Waals surface area contributed by atoms with Gasteiger partial charge >= 0.3 is 46.3 Å². The van der Waals surface area contributed by atoms with E-state index in [0.29, 0.717) is 0 Å². The lowest BCUT2D eigenvalue weighted by Crippen LogP contribution is -3.01. The minimum Gasteiger partial charge on any atom is -0.264 e. The number of nitrogens with zero attached hydrogens (tertiary/aromatic N) is 8. The van der Waals surface area contributed by atoms with Crippen LogP contribution in [0.3, 0.4) is 0 Å². The van der Waals surface area contributed by atoms with Crippen molar-refractivity contribution in [3.05, 3.63) is 80.9 Å². The number of rotatable bonds is 8. The Balaban J connectivity index is 2.75. The van der Waals surface area contributed by atoms with Crippen molar-refractivity contribution in [1.82, 2.24) is 0 Å². The molecule has 0 N–H and O–H groups in total. The van der Waals surface area contributed by atoms with Crippen LogP contribution in [0.15, 0.2) is 0 Å². The minimum atomic E-state index is -4.17. The topological polar surface area (TPSA) is 345 Å². The van der Waals surface area contributed by atoms with Crippen LogP contribution in [0.25, 0.3) is 0 Å². The van der Waals surface area contributed by atoms with Gasteiger partial charge in [-0.05, 0) is 0 Å². The Hall–Kier alpha value is -4.80. The van der Waals surface area contributed by atoms with Gasteiger partial charge in [-0.1, -0.05) is 0 Å². The Morgan fingerprint density at radius 3 is 0.618 bits per heavy atom. The molecule has 4 aliphatic carbocycles. The van der Waals surface area contributed by atoms with Gasteiger partial charge in [0, 0.05) is 39.4 Å². The summed E-state index contributed by atoms with van der Waals surface area (Å²) in [5, 5.41) is 96.0. The minimum absolute atomic E-state index is 1.86. The molecule has 0 spiro atoms. The highest BCUT2D eigenvalue weighted by Crippen LogP contribution is 2.66. The number of hydrogen-bond donors (Lipinski definition) is 0. The second-order valence-corrected chi connectivity index (χ2v) is 8.10. The van der Waals surface area contributed by atoms with Gasteiger partial charge in [0.2, 0.25) is 0 Å². The van der Waals surface area contributed by atoms with E-state index >= 15 is 0 Å². The van der Waals surface area contributed by atoms with Crippen molar-refractivity contribution >= 4 is 0 Å².